The molecule has 1 aromatic carbocycles. The van der Waals surface area contributed by atoms with Crippen LogP contribution < -0.4 is 0 Å². The fourth-order valence-corrected chi connectivity index (χ4v) is 3.12. The Bertz CT molecular complexity index is 775. The summed E-state index contributed by atoms with van der Waals surface area (Å²) in [5.74, 6) is 5.10. The first kappa shape index (κ1) is 16.2. The Morgan fingerprint density at radius 2 is 2.08 bits per heavy atom. The highest BCUT2D eigenvalue weighted by Crippen LogP contribution is 2.30. The van der Waals surface area contributed by atoms with Gasteiger partial charge in [0.05, 0.1) is 6.61 Å². The van der Waals surface area contributed by atoms with Crippen molar-refractivity contribution >= 4 is 17.7 Å². The summed E-state index contributed by atoms with van der Waals surface area (Å²) in [5.41, 5.74) is 2.10. The maximum atomic E-state index is 12.7. The van der Waals surface area contributed by atoms with Crippen LogP contribution in [0.2, 0.25) is 0 Å². The van der Waals surface area contributed by atoms with Crippen molar-refractivity contribution in [3.63, 3.8) is 0 Å². The Kier molecular flexibility index (Phi) is 4.36. The summed E-state index contributed by atoms with van der Waals surface area (Å²) < 4.78 is 0. The molecule has 1 saturated heterocycles. The van der Waals surface area contributed by atoms with Gasteiger partial charge in [-0.3, -0.25) is 19.3 Å². The number of aliphatic hydroxyl groups is 1. The van der Waals surface area contributed by atoms with Crippen molar-refractivity contribution in [3.8, 4) is 11.8 Å². The van der Waals surface area contributed by atoms with Crippen LogP contribution in [0.1, 0.15) is 40.7 Å². The van der Waals surface area contributed by atoms with Gasteiger partial charge in [-0.25, -0.2) is 0 Å². The maximum Gasteiger partial charge on any atom is 0.255 e. The normalized spacial score (nSPS) is 20.1. The third-order valence-corrected chi connectivity index (χ3v) is 4.45. The average molecular weight is 326 g/mol. The molecule has 124 valence electrons. The monoisotopic (exact) mass is 326 g/mol. The average Bonchev–Trinajstić information content (AvgIpc) is 2.91. The van der Waals surface area contributed by atoms with E-state index in [0.29, 0.717) is 24.9 Å². The van der Waals surface area contributed by atoms with E-state index in [-0.39, 0.29) is 30.7 Å². The first-order valence-electron chi connectivity index (χ1n) is 7.87. The third-order valence-electron chi connectivity index (χ3n) is 4.45. The Morgan fingerprint density at radius 1 is 1.29 bits per heavy atom. The number of hydrogen-bond acceptors (Lipinski definition) is 4. The van der Waals surface area contributed by atoms with Crippen LogP contribution in [0, 0.1) is 11.8 Å². The van der Waals surface area contributed by atoms with E-state index in [2.05, 4.69) is 11.8 Å². The zero-order valence-electron chi connectivity index (χ0n) is 13.4. The molecular weight excluding hydrogens is 308 g/mol. The number of carbonyl (C=O) groups excluding carboxylic acids is 3. The van der Waals surface area contributed by atoms with E-state index in [1.165, 1.54) is 11.9 Å². The number of amides is 3. The summed E-state index contributed by atoms with van der Waals surface area (Å²) in [5, 5.41) is 8.83. The highest BCUT2D eigenvalue weighted by Gasteiger charge is 2.41. The van der Waals surface area contributed by atoms with Gasteiger partial charge in [-0.1, -0.05) is 17.9 Å². The molecule has 0 saturated carbocycles. The summed E-state index contributed by atoms with van der Waals surface area (Å²) >= 11 is 0. The van der Waals surface area contributed by atoms with Crippen LogP contribution in [0.4, 0.5) is 0 Å². The largest absolute Gasteiger partial charge is 0.395 e. The van der Waals surface area contributed by atoms with E-state index in [0.717, 1.165) is 16.0 Å². The Labute approximate surface area is 140 Å². The van der Waals surface area contributed by atoms with Crippen molar-refractivity contribution < 1.29 is 19.5 Å². The standard InChI is InChI=1S/C18H18N2O4/c1-19-16(22)9-8-15(18(19)24)20-11-14-12(5-2-3-10-21)6-4-7-13(14)17(20)23/h4,6-7,15,21H,3,8-11H2,1H3. The number of piperidine rings is 1. The molecule has 1 aromatic rings. The third kappa shape index (κ3) is 2.68. The molecule has 1 unspecified atom stereocenters. The number of fused-ring (bicyclic) bond motifs is 1. The first-order chi connectivity index (χ1) is 11.5. The van der Waals surface area contributed by atoms with Gasteiger partial charge in [-0.2, -0.15) is 0 Å². The number of likely N-dealkylation sites (tertiary alicyclic amines) is 1. The highest BCUT2D eigenvalue weighted by atomic mass is 16.3. The van der Waals surface area contributed by atoms with Crippen LogP contribution in [0.15, 0.2) is 18.2 Å². The predicted octanol–water partition coefficient (Wildman–Crippen LogP) is 0.524. The lowest BCUT2D eigenvalue weighted by Crippen LogP contribution is -2.53. The molecule has 2 heterocycles. The number of nitrogens with zero attached hydrogens (tertiary/aromatic N) is 2. The van der Waals surface area contributed by atoms with Crippen LogP contribution >= 0.6 is 0 Å². The molecule has 1 fully saturated rings. The van der Waals surface area contributed by atoms with Crippen LogP contribution in [0.3, 0.4) is 0 Å². The number of imide groups is 1. The highest BCUT2D eigenvalue weighted by molar-refractivity contribution is 6.05. The minimum absolute atomic E-state index is 0.00990. The molecule has 0 radical (unpaired) electrons. The van der Waals surface area contributed by atoms with Gasteiger partial charge >= 0.3 is 0 Å². The van der Waals surface area contributed by atoms with Crippen LogP contribution in [0.25, 0.3) is 0 Å². The molecule has 0 aromatic heterocycles. The van der Waals surface area contributed by atoms with E-state index in [9.17, 15) is 14.4 Å². The second kappa shape index (κ2) is 6.46. The van der Waals surface area contributed by atoms with Crippen LogP contribution in [-0.4, -0.2) is 52.3 Å². The topological polar surface area (TPSA) is 77.9 Å². The summed E-state index contributed by atoms with van der Waals surface area (Å²) in [6, 6.07) is 4.72. The Balaban J connectivity index is 1.89. The zero-order valence-corrected chi connectivity index (χ0v) is 13.4. The van der Waals surface area contributed by atoms with Crippen molar-refractivity contribution in [2.45, 2.75) is 31.8 Å². The van der Waals surface area contributed by atoms with E-state index >= 15 is 0 Å². The summed E-state index contributed by atoms with van der Waals surface area (Å²) in [6.07, 6.45) is 0.985. The molecule has 6 heteroatoms. The van der Waals surface area contributed by atoms with Gasteiger partial charge in [0.2, 0.25) is 5.91 Å². The van der Waals surface area contributed by atoms with Gasteiger partial charge in [0.1, 0.15) is 6.04 Å². The van der Waals surface area contributed by atoms with Crippen LogP contribution in [-0.2, 0) is 16.1 Å². The van der Waals surface area contributed by atoms with E-state index in [1.54, 1.807) is 12.1 Å². The molecule has 6 nitrogen and oxygen atoms in total. The molecule has 3 amide bonds. The van der Waals surface area contributed by atoms with E-state index < -0.39 is 6.04 Å². The van der Waals surface area contributed by atoms with Gasteiger partial charge in [0, 0.05) is 37.6 Å². The number of carbonyl (C=O) groups is 3. The molecule has 2 aliphatic heterocycles. The minimum Gasteiger partial charge on any atom is -0.395 e. The van der Waals surface area contributed by atoms with E-state index in [4.69, 9.17) is 5.11 Å². The summed E-state index contributed by atoms with van der Waals surface area (Å²) in [6.45, 7) is 0.306. The second-order valence-corrected chi connectivity index (χ2v) is 5.89. The Hall–Kier alpha value is -2.65. The fraction of sp³-hybridized carbons (Fsp3) is 0.389. The quantitative estimate of drug-likeness (QED) is 0.635. The second-order valence-electron chi connectivity index (χ2n) is 5.89. The minimum atomic E-state index is -0.606. The number of likely N-dealkylation sites (N-methyl/N-ethyl adjacent to an activating group) is 1. The fourth-order valence-electron chi connectivity index (χ4n) is 3.12. The lowest BCUT2D eigenvalue weighted by molar-refractivity contribution is -0.150. The van der Waals surface area contributed by atoms with Crippen molar-refractivity contribution in [3.05, 3.63) is 34.9 Å². The molecule has 2 aliphatic rings. The number of aliphatic hydroxyl groups excluding tert-OH is 1. The Morgan fingerprint density at radius 3 is 2.83 bits per heavy atom. The van der Waals surface area contributed by atoms with E-state index in [1.807, 2.05) is 6.07 Å². The first-order valence-corrected chi connectivity index (χ1v) is 7.87. The predicted molar refractivity (Wildman–Crippen MR) is 85.7 cm³/mol. The number of benzene rings is 1. The lowest BCUT2D eigenvalue weighted by Gasteiger charge is -2.33. The smallest absolute Gasteiger partial charge is 0.255 e. The summed E-state index contributed by atoms with van der Waals surface area (Å²) in [4.78, 5) is 39.3. The number of hydrogen-bond donors (Lipinski definition) is 1. The van der Waals surface area contributed by atoms with Gasteiger partial charge in [0.15, 0.2) is 0 Å². The van der Waals surface area contributed by atoms with Crippen molar-refractivity contribution in [1.82, 2.24) is 9.80 Å². The van der Waals surface area contributed by atoms with Crippen molar-refractivity contribution in [1.29, 1.82) is 0 Å². The van der Waals surface area contributed by atoms with Crippen molar-refractivity contribution in [2.24, 2.45) is 0 Å². The molecule has 1 N–H and O–H groups in total. The van der Waals surface area contributed by atoms with Gasteiger partial charge < -0.3 is 10.0 Å². The molecular formula is C18H18N2O4. The molecule has 0 spiro atoms. The molecule has 0 aliphatic carbocycles. The van der Waals surface area contributed by atoms with Crippen molar-refractivity contribution in [2.75, 3.05) is 13.7 Å². The maximum absolute atomic E-state index is 12.7. The molecule has 3 rings (SSSR count). The molecule has 0 bridgehead atoms. The lowest BCUT2D eigenvalue weighted by atomic mass is 10.0. The number of rotatable bonds is 2. The molecule has 24 heavy (non-hydrogen) atoms. The zero-order chi connectivity index (χ0) is 17.3. The summed E-state index contributed by atoms with van der Waals surface area (Å²) in [7, 11) is 1.45. The van der Waals surface area contributed by atoms with Gasteiger partial charge in [-0.05, 0) is 24.1 Å². The van der Waals surface area contributed by atoms with Crippen LogP contribution in [0.5, 0.6) is 0 Å². The molecule has 1 atom stereocenters. The SMILES string of the molecule is CN1C(=O)CCC(N2Cc3c(C#CCCO)cccc3C2=O)C1=O. The van der Waals surface area contributed by atoms with Gasteiger partial charge in [-0.15, -0.1) is 0 Å². The van der Waals surface area contributed by atoms with Gasteiger partial charge in [0.25, 0.3) is 11.8 Å².